The smallest absolute Gasteiger partial charge is 0.280 e. The Bertz CT molecular complexity index is 957. The molecule has 10 heteroatoms. The van der Waals surface area contributed by atoms with Crippen molar-refractivity contribution in [3.8, 4) is 0 Å². The minimum absolute atomic E-state index is 0. The molecule has 1 fully saturated rings. The van der Waals surface area contributed by atoms with Crippen LogP contribution in [0.4, 0.5) is 9.52 Å². The molecule has 3 heterocycles. The van der Waals surface area contributed by atoms with Gasteiger partial charge < -0.3 is 4.74 Å². The van der Waals surface area contributed by atoms with Crippen molar-refractivity contribution in [1.82, 2.24) is 19.7 Å². The van der Waals surface area contributed by atoms with Gasteiger partial charge in [0, 0.05) is 39.4 Å². The number of hydrogen-bond donors (Lipinski definition) is 0. The summed E-state index contributed by atoms with van der Waals surface area (Å²) in [6, 6.07) is 6.15. The average Bonchev–Trinajstić information content (AvgIpc) is 3.28. The second-order valence-electron chi connectivity index (χ2n) is 6.39. The predicted molar refractivity (Wildman–Crippen MR) is 109 cm³/mol. The fourth-order valence-electron chi connectivity index (χ4n) is 3.02. The maximum Gasteiger partial charge on any atom is 0.280 e. The minimum Gasteiger partial charge on any atom is -0.379 e. The molecule has 0 unspecified atom stereocenters. The summed E-state index contributed by atoms with van der Waals surface area (Å²) in [5.41, 5.74) is 1.05. The first-order valence-corrected chi connectivity index (χ1v) is 9.59. The van der Waals surface area contributed by atoms with E-state index in [2.05, 4.69) is 15.0 Å². The van der Waals surface area contributed by atoms with Gasteiger partial charge in [0.05, 0.1) is 23.4 Å². The Morgan fingerprint density at radius 3 is 2.82 bits per heavy atom. The van der Waals surface area contributed by atoms with Gasteiger partial charge in [-0.3, -0.25) is 19.3 Å². The number of nitrogens with zero attached hydrogens (tertiary/aromatic N) is 5. The van der Waals surface area contributed by atoms with E-state index in [0.29, 0.717) is 42.6 Å². The maximum atomic E-state index is 13.5. The molecule has 28 heavy (non-hydrogen) atoms. The van der Waals surface area contributed by atoms with Crippen LogP contribution in [0, 0.1) is 5.82 Å². The molecule has 0 N–H and O–H groups in total. The minimum atomic E-state index is -0.311. The maximum absolute atomic E-state index is 13.5. The summed E-state index contributed by atoms with van der Waals surface area (Å²) in [4.78, 5) is 21.5. The Morgan fingerprint density at radius 2 is 2.11 bits per heavy atom. The quantitative estimate of drug-likeness (QED) is 0.628. The number of aryl methyl sites for hydroxylation is 1. The van der Waals surface area contributed by atoms with Gasteiger partial charge in [-0.25, -0.2) is 9.37 Å². The fourth-order valence-corrected chi connectivity index (χ4v) is 4.03. The van der Waals surface area contributed by atoms with Gasteiger partial charge in [0.2, 0.25) is 0 Å². The molecule has 1 amide bonds. The van der Waals surface area contributed by atoms with Crippen LogP contribution in [0.5, 0.6) is 0 Å². The molecule has 0 atom stereocenters. The number of halogens is 2. The highest BCUT2D eigenvalue weighted by Gasteiger charge is 2.24. The summed E-state index contributed by atoms with van der Waals surface area (Å²) in [6.07, 6.45) is 1.74. The van der Waals surface area contributed by atoms with Crippen LogP contribution in [-0.2, 0) is 11.8 Å². The van der Waals surface area contributed by atoms with E-state index in [1.54, 1.807) is 35.0 Å². The van der Waals surface area contributed by atoms with Gasteiger partial charge in [-0.1, -0.05) is 11.3 Å². The third-order valence-electron chi connectivity index (χ3n) is 4.49. The van der Waals surface area contributed by atoms with Gasteiger partial charge in [-0.15, -0.1) is 12.4 Å². The molecular formula is C18H21ClFN5O2S. The lowest BCUT2D eigenvalue weighted by atomic mass is 10.3. The Kier molecular flexibility index (Phi) is 6.61. The summed E-state index contributed by atoms with van der Waals surface area (Å²) in [5, 5.41) is 4.78. The van der Waals surface area contributed by atoms with Crippen LogP contribution in [0.15, 0.2) is 30.5 Å². The molecule has 3 aromatic rings. The normalized spacial score (nSPS) is 14.8. The van der Waals surface area contributed by atoms with E-state index in [4.69, 9.17) is 4.74 Å². The summed E-state index contributed by atoms with van der Waals surface area (Å²) in [6.45, 7) is 4.29. The SMILES string of the molecule is Cl.Cn1ccc(C(=O)N(CCN2CCOCC2)c2nc3ccc(F)cc3s2)n1. The van der Waals surface area contributed by atoms with Crippen molar-refractivity contribution in [2.75, 3.05) is 44.3 Å². The van der Waals surface area contributed by atoms with E-state index in [1.807, 2.05) is 0 Å². The van der Waals surface area contributed by atoms with Crippen LogP contribution in [-0.4, -0.2) is 65.0 Å². The van der Waals surface area contributed by atoms with E-state index >= 15 is 0 Å². The molecule has 0 saturated carbocycles. The third kappa shape index (κ3) is 4.49. The first kappa shape index (κ1) is 20.7. The van der Waals surface area contributed by atoms with Crippen LogP contribution in [0.3, 0.4) is 0 Å². The second kappa shape index (κ2) is 8.95. The molecular weight excluding hydrogens is 405 g/mol. The molecule has 0 aliphatic carbocycles. The zero-order valence-corrected chi connectivity index (χ0v) is 17.0. The number of rotatable bonds is 5. The molecule has 0 spiro atoms. The zero-order valence-electron chi connectivity index (χ0n) is 15.4. The molecule has 2 aromatic heterocycles. The summed E-state index contributed by atoms with van der Waals surface area (Å²) >= 11 is 1.31. The number of fused-ring (bicyclic) bond motifs is 1. The molecule has 4 rings (SSSR count). The molecule has 1 aliphatic heterocycles. The van der Waals surface area contributed by atoms with Crippen molar-refractivity contribution in [2.45, 2.75) is 0 Å². The molecule has 7 nitrogen and oxygen atoms in total. The lowest BCUT2D eigenvalue weighted by Crippen LogP contribution is -2.43. The van der Waals surface area contributed by atoms with E-state index < -0.39 is 0 Å². The van der Waals surface area contributed by atoms with Gasteiger partial charge in [0.1, 0.15) is 5.82 Å². The van der Waals surface area contributed by atoms with Crippen molar-refractivity contribution in [3.63, 3.8) is 0 Å². The molecule has 150 valence electrons. The van der Waals surface area contributed by atoms with E-state index in [0.717, 1.165) is 17.8 Å². The Balaban J connectivity index is 0.00000225. The van der Waals surface area contributed by atoms with Crippen molar-refractivity contribution in [3.05, 3.63) is 42.0 Å². The van der Waals surface area contributed by atoms with E-state index in [-0.39, 0.29) is 24.1 Å². The van der Waals surface area contributed by atoms with Crippen molar-refractivity contribution in [1.29, 1.82) is 0 Å². The Hall–Kier alpha value is -2.07. The Labute approximate surface area is 172 Å². The van der Waals surface area contributed by atoms with Gasteiger partial charge in [-0.05, 0) is 24.3 Å². The number of morpholine rings is 1. The van der Waals surface area contributed by atoms with Crippen LogP contribution in [0.2, 0.25) is 0 Å². The van der Waals surface area contributed by atoms with Crippen molar-refractivity contribution < 1.29 is 13.9 Å². The fraction of sp³-hybridized carbons (Fsp3) is 0.389. The summed E-state index contributed by atoms with van der Waals surface area (Å²) in [5.74, 6) is -0.517. The number of anilines is 1. The number of benzene rings is 1. The topological polar surface area (TPSA) is 63.5 Å². The van der Waals surface area contributed by atoms with Gasteiger partial charge in [0.25, 0.3) is 5.91 Å². The monoisotopic (exact) mass is 425 g/mol. The lowest BCUT2D eigenvalue weighted by molar-refractivity contribution is 0.0391. The summed E-state index contributed by atoms with van der Waals surface area (Å²) < 4.78 is 21.2. The standard InChI is InChI=1S/C18H20FN5O2S.ClH/c1-22-5-4-15(21-22)17(25)24(7-6-23-8-10-26-11-9-23)18-20-14-3-2-13(19)12-16(14)27-18;/h2-5,12H,6-11H2,1H3;1H. The Morgan fingerprint density at radius 1 is 1.32 bits per heavy atom. The second-order valence-corrected chi connectivity index (χ2v) is 7.40. The van der Waals surface area contributed by atoms with Crippen LogP contribution in [0.25, 0.3) is 10.2 Å². The number of carbonyl (C=O) groups is 1. The summed E-state index contributed by atoms with van der Waals surface area (Å²) in [7, 11) is 1.77. The van der Waals surface area contributed by atoms with E-state index in [1.165, 1.54) is 23.5 Å². The first-order chi connectivity index (χ1) is 13.1. The number of amides is 1. The van der Waals surface area contributed by atoms with Crippen molar-refractivity contribution >= 4 is 45.0 Å². The van der Waals surface area contributed by atoms with Crippen molar-refractivity contribution in [2.24, 2.45) is 7.05 Å². The lowest BCUT2D eigenvalue weighted by Gasteiger charge is -2.29. The van der Waals surface area contributed by atoms with Crippen LogP contribution in [0.1, 0.15) is 10.5 Å². The zero-order chi connectivity index (χ0) is 18.8. The molecule has 1 aliphatic rings. The molecule has 1 aromatic carbocycles. The van der Waals surface area contributed by atoms with Crippen LogP contribution >= 0.6 is 23.7 Å². The largest absolute Gasteiger partial charge is 0.379 e. The number of thiazole rings is 1. The van der Waals surface area contributed by atoms with Gasteiger partial charge >= 0.3 is 0 Å². The van der Waals surface area contributed by atoms with Crippen LogP contribution < -0.4 is 4.90 Å². The highest BCUT2D eigenvalue weighted by atomic mass is 35.5. The first-order valence-electron chi connectivity index (χ1n) is 8.78. The average molecular weight is 426 g/mol. The third-order valence-corrected chi connectivity index (χ3v) is 5.53. The number of carbonyl (C=O) groups excluding carboxylic acids is 1. The highest BCUT2D eigenvalue weighted by Crippen LogP contribution is 2.30. The number of hydrogen-bond acceptors (Lipinski definition) is 6. The number of aromatic nitrogens is 3. The molecule has 1 saturated heterocycles. The van der Waals surface area contributed by atoms with E-state index in [9.17, 15) is 9.18 Å². The molecule has 0 radical (unpaired) electrons. The highest BCUT2D eigenvalue weighted by molar-refractivity contribution is 7.22. The van der Waals surface area contributed by atoms with Gasteiger partial charge in [-0.2, -0.15) is 5.10 Å². The predicted octanol–water partition coefficient (Wildman–Crippen LogP) is 2.57. The van der Waals surface area contributed by atoms with Gasteiger partial charge in [0.15, 0.2) is 10.8 Å². The molecule has 0 bridgehead atoms. The number of ether oxygens (including phenoxy) is 1.